The van der Waals surface area contributed by atoms with Crippen LogP contribution in [-0.2, 0) is 4.79 Å². The SMILES string of the molecule is O=[C]C(S)C1CCCCC1. The van der Waals surface area contributed by atoms with Gasteiger partial charge in [0.05, 0.1) is 5.25 Å². The van der Waals surface area contributed by atoms with Crippen molar-refractivity contribution in [1.29, 1.82) is 0 Å². The Morgan fingerprint density at radius 2 is 1.90 bits per heavy atom. The third-order valence-corrected chi connectivity index (χ3v) is 2.74. The Hall–Kier alpha value is 0.0200. The van der Waals surface area contributed by atoms with Gasteiger partial charge in [-0.1, -0.05) is 19.3 Å². The molecule has 0 spiro atoms. The van der Waals surface area contributed by atoms with Gasteiger partial charge in [0.25, 0.3) is 0 Å². The van der Waals surface area contributed by atoms with Crippen LogP contribution in [0.25, 0.3) is 0 Å². The van der Waals surface area contributed by atoms with E-state index in [1.165, 1.54) is 32.1 Å². The highest BCUT2D eigenvalue weighted by Crippen LogP contribution is 2.27. The highest BCUT2D eigenvalue weighted by atomic mass is 32.1. The van der Waals surface area contributed by atoms with E-state index in [-0.39, 0.29) is 5.25 Å². The van der Waals surface area contributed by atoms with Gasteiger partial charge in [-0.2, -0.15) is 12.6 Å². The summed E-state index contributed by atoms with van der Waals surface area (Å²) in [5.41, 5.74) is 0. The summed E-state index contributed by atoms with van der Waals surface area (Å²) < 4.78 is 0. The largest absolute Gasteiger partial charge is 0.290 e. The fraction of sp³-hybridized carbons (Fsp3) is 0.875. The molecule has 0 heterocycles. The van der Waals surface area contributed by atoms with Crippen molar-refractivity contribution in [3.8, 4) is 0 Å². The maximum atomic E-state index is 10.2. The zero-order valence-electron chi connectivity index (χ0n) is 6.05. The highest BCUT2D eigenvalue weighted by Gasteiger charge is 2.20. The number of hydrogen-bond acceptors (Lipinski definition) is 2. The van der Waals surface area contributed by atoms with Crippen LogP contribution in [0.3, 0.4) is 0 Å². The Kier molecular flexibility index (Phi) is 3.26. The first kappa shape index (κ1) is 8.12. The molecule has 1 unspecified atom stereocenters. The molecule has 0 aromatic rings. The molecular formula is C8H13OS. The molecule has 0 N–H and O–H groups in total. The molecule has 0 aromatic carbocycles. The maximum Gasteiger partial charge on any atom is 0.212 e. The normalized spacial score (nSPS) is 24.1. The van der Waals surface area contributed by atoms with Crippen molar-refractivity contribution < 1.29 is 4.79 Å². The number of carbonyl (C=O) groups excluding carboxylic acids is 1. The minimum Gasteiger partial charge on any atom is -0.290 e. The highest BCUT2D eigenvalue weighted by molar-refractivity contribution is 7.81. The second-order valence-corrected chi connectivity index (χ2v) is 3.52. The number of hydrogen-bond donors (Lipinski definition) is 1. The lowest BCUT2D eigenvalue weighted by atomic mass is 9.87. The van der Waals surface area contributed by atoms with E-state index in [1.807, 2.05) is 6.29 Å². The number of thiol groups is 1. The van der Waals surface area contributed by atoms with Crippen molar-refractivity contribution in [2.75, 3.05) is 0 Å². The fourth-order valence-corrected chi connectivity index (χ4v) is 1.84. The van der Waals surface area contributed by atoms with E-state index in [9.17, 15) is 4.79 Å². The van der Waals surface area contributed by atoms with Gasteiger partial charge in [0.15, 0.2) is 0 Å². The topological polar surface area (TPSA) is 17.1 Å². The molecular weight excluding hydrogens is 144 g/mol. The minimum absolute atomic E-state index is 0.125. The van der Waals surface area contributed by atoms with Crippen molar-refractivity contribution in [2.45, 2.75) is 37.4 Å². The molecule has 0 saturated heterocycles. The smallest absolute Gasteiger partial charge is 0.212 e. The standard InChI is InChI=1S/C8H13OS/c9-6-8(10)7-4-2-1-3-5-7/h7-8,10H,1-5H2. The Bertz CT molecular complexity index is 108. The van der Waals surface area contributed by atoms with Gasteiger partial charge in [-0.15, -0.1) is 0 Å². The molecule has 57 valence electrons. The Balaban J connectivity index is 2.30. The van der Waals surface area contributed by atoms with E-state index in [4.69, 9.17) is 0 Å². The van der Waals surface area contributed by atoms with Gasteiger partial charge in [0.1, 0.15) is 0 Å². The van der Waals surface area contributed by atoms with Crippen LogP contribution >= 0.6 is 12.6 Å². The van der Waals surface area contributed by atoms with E-state index in [0.717, 1.165) is 0 Å². The quantitative estimate of drug-likeness (QED) is 0.606. The minimum atomic E-state index is -0.125. The zero-order valence-corrected chi connectivity index (χ0v) is 6.94. The van der Waals surface area contributed by atoms with Crippen LogP contribution in [0.1, 0.15) is 32.1 Å². The second kappa shape index (κ2) is 4.02. The molecule has 2 heteroatoms. The molecule has 1 aliphatic carbocycles. The van der Waals surface area contributed by atoms with Crippen LogP contribution < -0.4 is 0 Å². The summed E-state index contributed by atoms with van der Waals surface area (Å²) in [6.45, 7) is 0. The van der Waals surface area contributed by atoms with Gasteiger partial charge in [-0.3, -0.25) is 4.79 Å². The fourth-order valence-electron chi connectivity index (χ4n) is 1.55. The third-order valence-electron chi connectivity index (χ3n) is 2.22. The zero-order chi connectivity index (χ0) is 7.40. The van der Waals surface area contributed by atoms with E-state index in [2.05, 4.69) is 12.6 Å². The first-order chi connectivity index (χ1) is 4.84. The molecule has 1 rings (SSSR count). The summed E-state index contributed by atoms with van der Waals surface area (Å²) in [7, 11) is 0. The molecule has 1 saturated carbocycles. The lowest BCUT2D eigenvalue weighted by Gasteiger charge is -2.22. The number of rotatable bonds is 2. The van der Waals surface area contributed by atoms with Gasteiger partial charge in [-0.05, 0) is 18.8 Å². The van der Waals surface area contributed by atoms with E-state index in [0.29, 0.717) is 5.92 Å². The predicted octanol–water partition coefficient (Wildman–Crippen LogP) is 1.97. The van der Waals surface area contributed by atoms with Gasteiger partial charge < -0.3 is 0 Å². The molecule has 0 amide bonds. The van der Waals surface area contributed by atoms with Crippen LogP contribution in [0.4, 0.5) is 0 Å². The predicted molar refractivity (Wildman–Crippen MR) is 45.0 cm³/mol. The summed E-state index contributed by atoms with van der Waals surface area (Å²) in [6, 6.07) is 0. The van der Waals surface area contributed by atoms with E-state index < -0.39 is 0 Å². The summed E-state index contributed by atoms with van der Waals surface area (Å²) in [5, 5.41) is -0.125. The van der Waals surface area contributed by atoms with Gasteiger partial charge in [0.2, 0.25) is 6.29 Å². The summed E-state index contributed by atoms with van der Waals surface area (Å²) in [5.74, 6) is 0.509. The molecule has 1 aliphatic rings. The first-order valence-electron chi connectivity index (χ1n) is 3.90. The first-order valence-corrected chi connectivity index (χ1v) is 4.42. The van der Waals surface area contributed by atoms with Crippen molar-refractivity contribution in [1.82, 2.24) is 0 Å². The lowest BCUT2D eigenvalue weighted by molar-refractivity contribution is 0.369. The van der Waals surface area contributed by atoms with E-state index >= 15 is 0 Å². The third kappa shape index (κ3) is 2.01. The molecule has 1 fully saturated rings. The molecule has 0 aromatic heterocycles. The van der Waals surface area contributed by atoms with Gasteiger partial charge in [-0.25, -0.2) is 0 Å². The lowest BCUT2D eigenvalue weighted by Crippen LogP contribution is -2.18. The average Bonchev–Trinajstić information content (AvgIpc) is 2.05. The van der Waals surface area contributed by atoms with Crippen LogP contribution in [-0.4, -0.2) is 11.5 Å². The van der Waals surface area contributed by atoms with Crippen LogP contribution in [0.2, 0.25) is 0 Å². The molecule has 0 bridgehead atoms. The van der Waals surface area contributed by atoms with Crippen molar-refractivity contribution >= 4 is 18.9 Å². The van der Waals surface area contributed by atoms with Crippen molar-refractivity contribution in [2.24, 2.45) is 5.92 Å². The van der Waals surface area contributed by atoms with Crippen LogP contribution in [0, 0.1) is 5.92 Å². The Labute approximate surface area is 67.6 Å². The average molecular weight is 157 g/mol. The molecule has 1 radical (unpaired) electrons. The van der Waals surface area contributed by atoms with Gasteiger partial charge >= 0.3 is 0 Å². The van der Waals surface area contributed by atoms with Crippen molar-refractivity contribution in [3.05, 3.63) is 0 Å². The van der Waals surface area contributed by atoms with E-state index in [1.54, 1.807) is 0 Å². The summed E-state index contributed by atoms with van der Waals surface area (Å²) >= 11 is 4.15. The van der Waals surface area contributed by atoms with Crippen molar-refractivity contribution in [3.63, 3.8) is 0 Å². The molecule has 10 heavy (non-hydrogen) atoms. The van der Waals surface area contributed by atoms with Crippen LogP contribution in [0.5, 0.6) is 0 Å². The van der Waals surface area contributed by atoms with Crippen LogP contribution in [0.15, 0.2) is 0 Å². The maximum absolute atomic E-state index is 10.2. The monoisotopic (exact) mass is 157 g/mol. The second-order valence-electron chi connectivity index (χ2n) is 2.96. The summed E-state index contributed by atoms with van der Waals surface area (Å²) in [4.78, 5) is 10.2. The molecule has 0 aliphatic heterocycles. The Morgan fingerprint density at radius 3 is 2.40 bits per heavy atom. The summed E-state index contributed by atoms with van der Waals surface area (Å²) in [6.07, 6.45) is 8.15. The van der Waals surface area contributed by atoms with Gasteiger partial charge in [0, 0.05) is 0 Å². The molecule has 1 atom stereocenters. The molecule has 1 nitrogen and oxygen atoms in total. The Morgan fingerprint density at radius 1 is 1.30 bits per heavy atom.